The van der Waals surface area contributed by atoms with E-state index in [4.69, 9.17) is 14.2 Å². The number of likely N-dealkylation sites (tertiary alicyclic amines) is 1. The van der Waals surface area contributed by atoms with Crippen LogP contribution in [0.3, 0.4) is 0 Å². The molecule has 9 nitrogen and oxygen atoms in total. The topological polar surface area (TPSA) is 119 Å². The van der Waals surface area contributed by atoms with Crippen molar-refractivity contribution in [2.75, 3.05) is 7.11 Å². The van der Waals surface area contributed by atoms with Gasteiger partial charge in [0.15, 0.2) is 0 Å². The fourth-order valence-electron chi connectivity index (χ4n) is 3.43. The lowest BCUT2D eigenvalue weighted by Gasteiger charge is -2.44. The first kappa shape index (κ1) is 23.9. The van der Waals surface area contributed by atoms with Crippen LogP contribution in [-0.2, 0) is 33.4 Å². The summed E-state index contributed by atoms with van der Waals surface area (Å²) in [6.07, 6.45) is -1.84. The largest absolute Gasteiger partial charge is 0.467 e. The predicted molar refractivity (Wildman–Crippen MR) is 97.9 cm³/mol. The zero-order valence-corrected chi connectivity index (χ0v) is 17.8. The van der Waals surface area contributed by atoms with Crippen LogP contribution in [0.2, 0.25) is 0 Å². The molecule has 1 fully saturated rings. The quantitative estimate of drug-likeness (QED) is 0.378. The molecule has 1 heterocycles. The third-order valence-corrected chi connectivity index (χ3v) is 4.53. The molecule has 160 valence electrons. The lowest BCUT2D eigenvalue weighted by Crippen LogP contribution is -2.72. The average molecular weight is 401 g/mol. The van der Waals surface area contributed by atoms with Crippen molar-refractivity contribution < 1.29 is 38.5 Å². The highest BCUT2D eigenvalue weighted by molar-refractivity contribution is 6.13. The van der Waals surface area contributed by atoms with Gasteiger partial charge in [-0.25, -0.2) is 14.4 Å². The maximum absolute atomic E-state index is 13.2. The number of methoxy groups -OCH3 is 1. The van der Waals surface area contributed by atoms with E-state index in [0.717, 1.165) is 12.0 Å². The van der Waals surface area contributed by atoms with E-state index >= 15 is 0 Å². The van der Waals surface area contributed by atoms with E-state index in [-0.39, 0.29) is 0 Å². The molecule has 9 heteroatoms. The van der Waals surface area contributed by atoms with E-state index in [9.17, 15) is 24.3 Å². The van der Waals surface area contributed by atoms with Gasteiger partial charge in [-0.3, -0.25) is 4.79 Å². The van der Waals surface area contributed by atoms with Crippen LogP contribution in [0.5, 0.6) is 0 Å². The van der Waals surface area contributed by atoms with Gasteiger partial charge in [0, 0.05) is 0 Å². The van der Waals surface area contributed by atoms with Gasteiger partial charge >= 0.3 is 17.9 Å². The molecule has 0 aromatic carbocycles. The molecular weight excluding hydrogens is 370 g/mol. The Kier molecular flexibility index (Phi) is 7.22. The zero-order chi connectivity index (χ0) is 22.0. The second-order valence-electron chi connectivity index (χ2n) is 8.04. The summed E-state index contributed by atoms with van der Waals surface area (Å²) in [5.74, 6) is -4.41. The van der Waals surface area contributed by atoms with Gasteiger partial charge in [0.25, 0.3) is 5.54 Å². The van der Waals surface area contributed by atoms with Crippen LogP contribution in [0, 0.1) is 5.92 Å². The molecule has 1 rings (SSSR count). The minimum Gasteiger partial charge on any atom is -0.467 e. The van der Waals surface area contributed by atoms with Gasteiger partial charge in [-0.15, -0.1) is 0 Å². The highest BCUT2D eigenvalue weighted by atomic mass is 16.6. The molecule has 1 aliphatic rings. The van der Waals surface area contributed by atoms with Gasteiger partial charge in [-0.05, 0) is 40.5 Å². The first-order valence-electron chi connectivity index (χ1n) is 9.28. The number of esters is 3. The first-order valence-corrected chi connectivity index (χ1v) is 9.28. The number of hydrogen-bond acceptors (Lipinski definition) is 8. The Bertz CT molecular complexity index is 616. The van der Waals surface area contributed by atoms with E-state index in [0.29, 0.717) is 0 Å². The second kappa shape index (κ2) is 8.46. The third-order valence-electron chi connectivity index (χ3n) is 4.53. The van der Waals surface area contributed by atoms with Crippen LogP contribution in [0.15, 0.2) is 0 Å². The molecule has 1 unspecified atom stereocenters. The lowest BCUT2D eigenvalue weighted by atomic mass is 9.80. The zero-order valence-electron chi connectivity index (χ0n) is 17.8. The van der Waals surface area contributed by atoms with Crippen molar-refractivity contribution in [2.24, 2.45) is 5.92 Å². The maximum atomic E-state index is 13.2. The summed E-state index contributed by atoms with van der Waals surface area (Å²) < 4.78 is 15.3. The Morgan fingerprint density at radius 3 is 1.75 bits per heavy atom. The molecule has 2 atom stereocenters. The predicted octanol–water partition coefficient (Wildman–Crippen LogP) is 0.809. The van der Waals surface area contributed by atoms with Gasteiger partial charge in [0.2, 0.25) is 5.91 Å². The highest BCUT2D eigenvalue weighted by Gasteiger charge is 2.74. The smallest absolute Gasteiger partial charge is 0.347 e. The van der Waals surface area contributed by atoms with Crippen LogP contribution in [-0.4, -0.2) is 70.3 Å². The summed E-state index contributed by atoms with van der Waals surface area (Å²) in [5, 5.41) is 11.1. The minimum absolute atomic E-state index is 0.525. The number of amides is 1. The number of hydrogen-bond donors (Lipinski definition) is 1. The molecule has 0 radical (unpaired) electrons. The van der Waals surface area contributed by atoms with Crippen molar-refractivity contribution in [1.29, 1.82) is 0 Å². The normalized spacial score (nSPS) is 22.6. The van der Waals surface area contributed by atoms with Gasteiger partial charge in [-0.1, -0.05) is 13.8 Å². The van der Waals surface area contributed by atoms with Gasteiger partial charge in [0.05, 0.1) is 25.7 Å². The Balaban J connectivity index is 3.80. The fraction of sp³-hybridized carbons (Fsp3) is 0.789. The molecule has 1 amide bonds. The summed E-state index contributed by atoms with van der Waals surface area (Å²) in [5.41, 5.74) is -4.70. The number of carbonyl (C=O) groups excluding carboxylic acids is 4. The van der Waals surface area contributed by atoms with Crippen molar-refractivity contribution in [2.45, 2.75) is 84.3 Å². The number of aliphatic hydroxyl groups is 1. The highest BCUT2D eigenvalue weighted by Crippen LogP contribution is 2.44. The molecule has 0 spiro atoms. The number of rotatable bonds is 7. The number of carbonyl (C=O) groups is 4. The van der Waals surface area contributed by atoms with Crippen molar-refractivity contribution in [3.05, 3.63) is 0 Å². The Morgan fingerprint density at radius 1 is 1.00 bits per heavy atom. The fourth-order valence-corrected chi connectivity index (χ4v) is 3.43. The van der Waals surface area contributed by atoms with Crippen molar-refractivity contribution >= 4 is 23.8 Å². The second-order valence-corrected chi connectivity index (χ2v) is 8.04. The number of ether oxygens (including phenoxy) is 3. The molecule has 0 aromatic heterocycles. The molecule has 0 aliphatic carbocycles. The summed E-state index contributed by atoms with van der Waals surface area (Å²) in [7, 11) is 1.14. The third kappa shape index (κ3) is 3.99. The van der Waals surface area contributed by atoms with Crippen molar-refractivity contribution in [3.63, 3.8) is 0 Å². The summed E-state index contributed by atoms with van der Waals surface area (Å²) >= 11 is 0. The molecule has 0 bridgehead atoms. The summed E-state index contributed by atoms with van der Waals surface area (Å²) in [4.78, 5) is 52.5. The van der Waals surface area contributed by atoms with Crippen LogP contribution in [0.4, 0.5) is 0 Å². The lowest BCUT2D eigenvalue weighted by molar-refractivity contribution is -0.197. The SMILES string of the molecule is COC(=O)[C@@H](C(C)C)N1C(=O)CC(C)(O)C1(C(=O)OC(C)C)C(=O)OC(C)C. The van der Waals surface area contributed by atoms with Crippen LogP contribution in [0.25, 0.3) is 0 Å². The standard InChI is InChI=1S/C19H31NO8/c1-10(2)14(15(22)26-8)20-13(21)9-18(7,25)19(20,16(23)27-11(3)4)17(24)28-12(5)6/h10-12,14,25H,9H2,1-8H3/t14-,18?/m1/s1. The summed E-state index contributed by atoms with van der Waals surface area (Å²) in [6, 6.07) is -1.30. The minimum atomic E-state index is -2.54. The summed E-state index contributed by atoms with van der Waals surface area (Å²) in [6.45, 7) is 10.7. The monoisotopic (exact) mass is 401 g/mol. The molecule has 1 saturated heterocycles. The molecular formula is C19H31NO8. The van der Waals surface area contributed by atoms with Crippen molar-refractivity contribution in [3.8, 4) is 0 Å². The van der Waals surface area contributed by atoms with Crippen LogP contribution >= 0.6 is 0 Å². The van der Waals surface area contributed by atoms with Crippen molar-refractivity contribution in [1.82, 2.24) is 4.90 Å². The molecule has 1 aliphatic heterocycles. The van der Waals surface area contributed by atoms with Crippen LogP contribution in [0.1, 0.15) is 54.9 Å². The average Bonchev–Trinajstić information content (AvgIpc) is 2.72. The van der Waals surface area contributed by atoms with E-state index in [1.165, 1.54) is 6.92 Å². The number of nitrogens with zero attached hydrogens (tertiary/aromatic N) is 1. The van der Waals surface area contributed by atoms with Gasteiger partial charge in [-0.2, -0.15) is 0 Å². The Morgan fingerprint density at radius 2 is 1.43 bits per heavy atom. The van der Waals surface area contributed by atoms with Crippen LogP contribution < -0.4 is 0 Å². The first-order chi connectivity index (χ1) is 12.7. The van der Waals surface area contributed by atoms with E-state index in [1.807, 2.05) is 0 Å². The van der Waals surface area contributed by atoms with E-state index < -0.39 is 65.5 Å². The molecule has 1 N–H and O–H groups in total. The molecule has 28 heavy (non-hydrogen) atoms. The van der Waals surface area contributed by atoms with E-state index in [2.05, 4.69) is 0 Å². The molecule has 0 aromatic rings. The van der Waals surface area contributed by atoms with Gasteiger partial charge < -0.3 is 24.2 Å². The maximum Gasteiger partial charge on any atom is 0.347 e. The Labute approximate surface area is 165 Å². The molecule has 0 saturated carbocycles. The Hall–Kier alpha value is -2.16. The van der Waals surface area contributed by atoms with Gasteiger partial charge in [0.1, 0.15) is 11.6 Å². The van der Waals surface area contributed by atoms with E-state index in [1.54, 1.807) is 41.5 Å².